The molecule has 0 aliphatic heterocycles. The highest BCUT2D eigenvalue weighted by molar-refractivity contribution is 5.74. The van der Waals surface area contributed by atoms with Crippen molar-refractivity contribution in [1.29, 1.82) is 0 Å². The minimum absolute atomic E-state index is 0.0450. The molecule has 3 heteroatoms. The first kappa shape index (κ1) is 12.6. The zero-order chi connectivity index (χ0) is 12.2. The van der Waals surface area contributed by atoms with Crippen molar-refractivity contribution in [3.63, 3.8) is 0 Å². The highest BCUT2D eigenvalue weighted by Gasteiger charge is 2.16. The van der Waals surface area contributed by atoms with E-state index < -0.39 is 0 Å². The summed E-state index contributed by atoms with van der Waals surface area (Å²) in [5.74, 6) is 0. The highest BCUT2D eigenvalue weighted by Crippen LogP contribution is 2.05. The molecule has 1 rings (SSSR count). The summed E-state index contributed by atoms with van der Waals surface area (Å²) in [6.07, 6.45) is 0. The normalized spacial score (nSPS) is 11.0. The minimum Gasteiger partial charge on any atom is -0.333 e. The van der Waals surface area contributed by atoms with Gasteiger partial charge in [-0.25, -0.2) is 4.79 Å². The quantitative estimate of drug-likeness (QED) is 0.816. The van der Waals surface area contributed by atoms with Crippen molar-refractivity contribution >= 4 is 6.03 Å². The van der Waals surface area contributed by atoms with Crippen LogP contribution < -0.4 is 5.32 Å². The average molecular weight is 220 g/mol. The molecule has 16 heavy (non-hydrogen) atoms. The molecular weight excluding hydrogens is 200 g/mol. The van der Waals surface area contributed by atoms with E-state index >= 15 is 0 Å². The Labute approximate surface area is 97.5 Å². The van der Waals surface area contributed by atoms with Gasteiger partial charge in [0.25, 0.3) is 0 Å². The third-order valence-electron chi connectivity index (χ3n) is 2.09. The Balaban J connectivity index is 2.53. The van der Waals surface area contributed by atoms with Crippen LogP contribution in [0.5, 0.6) is 0 Å². The van der Waals surface area contributed by atoms with Crippen LogP contribution in [0.3, 0.4) is 0 Å². The van der Waals surface area contributed by atoms with Gasteiger partial charge in [-0.3, -0.25) is 0 Å². The third kappa shape index (κ3) is 4.34. The third-order valence-corrected chi connectivity index (χ3v) is 2.09. The number of nitrogens with one attached hydrogen (secondary N) is 1. The van der Waals surface area contributed by atoms with Crippen LogP contribution in [0.25, 0.3) is 0 Å². The van der Waals surface area contributed by atoms with Gasteiger partial charge in [-0.2, -0.15) is 0 Å². The van der Waals surface area contributed by atoms with Gasteiger partial charge in [0.05, 0.1) is 0 Å². The first-order chi connectivity index (χ1) is 7.38. The summed E-state index contributed by atoms with van der Waals surface area (Å²) in [6.45, 7) is 6.55. The lowest BCUT2D eigenvalue weighted by atomic mass is 10.1. The van der Waals surface area contributed by atoms with Gasteiger partial charge in [-0.15, -0.1) is 0 Å². The molecule has 0 saturated heterocycles. The standard InChI is InChI=1S/C13H20N2O/c1-13(2,3)14-12(16)15(4)10-11-8-6-5-7-9-11/h5-9H,10H2,1-4H3,(H,14,16). The molecule has 0 aliphatic carbocycles. The van der Waals surface area contributed by atoms with Gasteiger partial charge in [0.2, 0.25) is 0 Å². The van der Waals surface area contributed by atoms with E-state index in [4.69, 9.17) is 0 Å². The van der Waals surface area contributed by atoms with Gasteiger partial charge in [0.15, 0.2) is 0 Å². The Morgan fingerprint density at radius 1 is 1.25 bits per heavy atom. The monoisotopic (exact) mass is 220 g/mol. The topological polar surface area (TPSA) is 32.3 Å². The SMILES string of the molecule is CN(Cc1ccccc1)C(=O)NC(C)(C)C. The fourth-order valence-corrected chi connectivity index (χ4v) is 1.35. The number of urea groups is 1. The van der Waals surface area contributed by atoms with Crippen molar-refractivity contribution in [3.8, 4) is 0 Å². The second-order valence-corrected chi connectivity index (χ2v) is 5.02. The van der Waals surface area contributed by atoms with E-state index in [1.807, 2.05) is 51.1 Å². The molecular formula is C13H20N2O. The second kappa shape index (κ2) is 5.01. The summed E-state index contributed by atoms with van der Waals surface area (Å²) in [4.78, 5) is 13.5. The van der Waals surface area contributed by atoms with Crippen LogP contribution in [0.15, 0.2) is 30.3 Å². The van der Waals surface area contributed by atoms with Crippen molar-refractivity contribution in [2.75, 3.05) is 7.05 Å². The fourth-order valence-electron chi connectivity index (χ4n) is 1.35. The predicted octanol–water partition coefficient (Wildman–Crippen LogP) is 2.63. The molecule has 1 aromatic rings. The molecule has 0 bridgehead atoms. The number of amides is 2. The van der Waals surface area contributed by atoms with Crippen LogP contribution in [-0.4, -0.2) is 23.5 Å². The molecule has 0 fully saturated rings. The fraction of sp³-hybridized carbons (Fsp3) is 0.462. The first-order valence-electron chi connectivity index (χ1n) is 5.46. The van der Waals surface area contributed by atoms with Crippen LogP contribution in [0.2, 0.25) is 0 Å². The Morgan fingerprint density at radius 2 is 1.81 bits per heavy atom. The van der Waals surface area contributed by atoms with Crippen molar-refractivity contribution in [2.24, 2.45) is 0 Å². The largest absolute Gasteiger partial charge is 0.333 e. The second-order valence-electron chi connectivity index (χ2n) is 5.02. The maximum atomic E-state index is 11.8. The Hall–Kier alpha value is -1.51. The van der Waals surface area contributed by atoms with Gasteiger partial charge in [-0.1, -0.05) is 30.3 Å². The molecule has 0 aromatic heterocycles. The van der Waals surface area contributed by atoms with Gasteiger partial charge in [-0.05, 0) is 26.3 Å². The Bertz CT molecular complexity index is 341. The Kier molecular flexibility index (Phi) is 3.93. The van der Waals surface area contributed by atoms with Gasteiger partial charge >= 0.3 is 6.03 Å². The van der Waals surface area contributed by atoms with E-state index in [1.165, 1.54) is 0 Å². The number of nitrogens with zero attached hydrogens (tertiary/aromatic N) is 1. The molecule has 0 atom stereocenters. The van der Waals surface area contributed by atoms with Gasteiger partial charge < -0.3 is 10.2 Å². The van der Waals surface area contributed by atoms with E-state index in [0.29, 0.717) is 6.54 Å². The van der Waals surface area contributed by atoms with E-state index in [0.717, 1.165) is 5.56 Å². The summed E-state index contributed by atoms with van der Waals surface area (Å²) in [7, 11) is 1.80. The number of benzene rings is 1. The van der Waals surface area contributed by atoms with E-state index in [-0.39, 0.29) is 11.6 Å². The summed E-state index contributed by atoms with van der Waals surface area (Å²) >= 11 is 0. The molecule has 3 nitrogen and oxygen atoms in total. The molecule has 88 valence electrons. The zero-order valence-corrected chi connectivity index (χ0v) is 10.4. The molecule has 1 aromatic carbocycles. The summed E-state index contributed by atoms with van der Waals surface area (Å²) in [5.41, 5.74) is 0.941. The minimum atomic E-state index is -0.192. The Morgan fingerprint density at radius 3 is 2.31 bits per heavy atom. The summed E-state index contributed by atoms with van der Waals surface area (Å²) in [6, 6.07) is 9.91. The van der Waals surface area contributed by atoms with Crippen LogP contribution in [-0.2, 0) is 6.54 Å². The molecule has 0 saturated carbocycles. The van der Waals surface area contributed by atoms with Gasteiger partial charge in [0, 0.05) is 19.1 Å². The van der Waals surface area contributed by atoms with Crippen LogP contribution in [0.1, 0.15) is 26.3 Å². The molecule has 1 N–H and O–H groups in total. The maximum absolute atomic E-state index is 11.8. The van der Waals surface area contributed by atoms with Crippen LogP contribution >= 0.6 is 0 Å². The molecule has 0 aliphatic rings. The average Bonchev–Trinajstić information content (AvgIpc) is 2.16. The lowest BCUT2D eigenvalue weighted by molar-refractivity contribution is 0.197. The molecule has 0 spiro atoms. The number of hydrogen-bond acceptors (Lipinski definition) is 1. The summed E-state index contributed by atoms with van der Waals surface area (Å²) < 4.78 is 0. The zero-order valence-electron chi connectivity index (χ0n) is 10.4. The van der Waals surface area contributed by atoms with Crippen LogP contribution in [0.4, 0.5) is 4.79 Å². The lowest BCUT2D eigenvalue weighted by Crippen LogP contribution is -2.46. The number of carbonyl (C=O) groups is 1. The lowest BCUT2D eigenvalue weighted by Gasteiger charge is -2.25. The van der Waals surface area contributed by atoms with E-state index in [9.17, 15) is 4.79 Å². The van der Waals surface area contributed by atoms with Gasteiger partial charge in [0.1, 0.15) is 0 Å². The van der Waals surface area contributed by atoms with Crippen molar-refractivity contribution in [3.05, 3.63) is 35.9 Å². The summed E-state index contributed by atoms with van der Waals surface area (Å²) in [5, 5.41) is 2.93. The number of rotatable bonds is 2. The molecule has 0 radical (unpaired) electrons. The smallest absolute Gasteiger partial charge is 0.317 e. The number of hydrogen-bond donors (Lipinski definition) is 1. The van der Waals surface area contributed by atoms with Crippen molar-refractivity contribution in [1.82, 2.24) is 10.2 Å². The molecule has 2 amide bonds. The van der Waals surface area contributed by atoms with E-state index in [1.54, 1.807) is 11.9 Å². The first-order valence-corrected chi connectivity index (χ1v) is 5.46. The molecule has 0 unspecified atom stereocenters. The van der Waals surface area contributed by atoms with Crippen LogP contribution in [0, 0.1) is 0 Å². The number of carbonyl (C=O) groups excluding carboxylic acids is 1. The van der Waals surface area contributed by atoms with E-state index in [2.05, 4.69) is 5.32 Å². The maximum Gasteiger partial charge on any atom is 0.317 e. The van der Waals surface area contributed by atoms with Crippen molar-refractivity contribution in [2.45, 2.75) is 32.9 Å². The highest BCUT2D eigenvalue weighted by atomic mass is 16.2. The predicted molar refractivity (Wildman–Crippen MR) is 66.2 cm³/mol. The molecule has 0 heterocycles. The van der Waals surface area contributed by atoms with Crippen molar-refractivity contribution < 1.29 is 4.79 Å².